The molecule has 0 saturated heterocycles. The molecule has 4 heterocycles. The number of aryl methyl sites for hydroxylation is 1. The fraction of sp³-hybridized carbons (Fsp3) is 0.136. The molecule has 11 rings (SSSR count). The van der Waals surface area contributed by atoms with E-state index >= 15 is 0 Å². The molecule has 0 amide bonds. The van der Waals surface area contributed by atoms with Gasteiger partial charge < -0.3 is 9.13 Å². The maximum absolute atomic E-state index is 2.64. The lowest BCUT2D eigenvalue weighted by Crippen LogP contribution is -2.07. The van der Waals surface area contributed by atoms with Gasteiger partial charge in [-0.2, -0.15) is 0 Å². The normalized spacial score (nSPS) is 13.3. The van der Waals surface area contributed by atoms with Gasteiger partial charge in [0.15, 0.2) is 0 Å². The van der Waals surface area contributed by atoms with Crippen LogP contribution in [0.25, 0.3) is 84.4 Å². The second-order valence-corrected chi connectivity index (χ2v) is 14.8. The van der Waals surface area contributed by atoms with Gasteiger partial charge in [0.05, 0.1) is 32.6 Å². The fourth-order valence-electron chi connectivity index (χ4n) is 8.48. The Kier molecular flexibility index (Phi) is 6.34. The van der Waals surface area contributed by atoms with E-state index in [1.165, 1.54) is 103 Å². The van der Waals surface area contributed by atoms with E-state index < -0.39 is 0 Å². The zero-order valence-corrected chi connectivity index (χ0v) is 28.7. The van der Waals surface area contributed by atoms with Crippen molar-refractivity contribution in [3.05, 3.63) is 133 Å². The van der Waals surface area contributed by atoms with Crippen LogP contribution in [-0.2, 0) is 12.8 Å². The fourth-order valence-corrected chi connectivity index (χ4v) is 10.8. The van der Waals surface area contributed by atoms with E-state index in [0.29, 0.717) is 0 Å². The maximum atomic E-state index is 2.64. The van der Waals surface area contributed by atoms with E-state index in [4.69, 9.17) is 0 Å². The summed E-state index contributed by atoms with van der Waals surface area (Å²) in [6.45, 7) is 4.00. The molecule has 4 heteroatoms. The Hall–Kier alpha value is -4.90. The van der Waals surface area contributed by atoms with Crippen LogP contribution in [0.15, 0.2) is 121 Å². The van der Waals surface area contributed by atoms with Crippen LogP contribution >= 0.6 is 22.7 Å². The zero-order valence-electron chi connectivity index (χ0n) is 27.1. The largest absolute Gasteiger partial charge is 0.313 e. The first kappa shape index (κ1) is 28.1. The smallest absolute Gasteiger partial charge is 0.0640 e. The minimum atomic E-state index is 1.11. The van der Waals surface area contributed by atoms with Gasteiger partial charge in [-0.25, -0.2) is 0 Å². The number of thiophene rings is 2. The minimum Gasteiger partial charge on any atom is -0.313 e. The molecular formula is C44H34N2S2. The van der Waals surface area contributed by atoms with Crippen LogP contribution in [-0.4, -0.2) is 9.13 Å². The Bertz CT molecular complexity index is 2870. The molecular weight excluding hydrogens is 621 g/mol. The van der Waals surface area contributed by atoms with E-state index in [2.05, 4.69) is 130 Å². The summed E-state index contributed by atoms with van der Waals surface area (Å²) < 4.78 is 10.6. The van der Waals surface area contributed by atoms with Crippen molar-refractivity contribution >= 4 is 95.7 Å². The van der Waals surface area contributed by atoms with Crippen LogP contribution in [0.5, 0.6) is 0 Å². The van der Waals surface area contributed by atoms with Gasteiger partial charge in [-0.1, -0.05) is 86.6 Å². The van der Waals surface area contributed by atoms with Gasteiger partial charge in [0.25, 0.3) is 0 Å². The molecule has 1 aliphatic carbocycles. The molecule has 1 aliphatic rings. The molecule has 0 aliphatic heterocycles. The molecule has 0 bridgehead atoms. The van der Waals surface area contributed by atoms with Gasteiger partial charge in [0, 0.05) is 57.5 Å². The van der Waals surface area contributed by atoms with Crippen LogP contribution in [0.2, 0.25) is 0 Å². The van der Waals surface area contributed by atoms with E-state index in [1.807, 2.05) is 36.5 Å². The molecule has 0 saturated carbocycles. The Morgan fingerprint density at radius 2 is 1.06 bits per heavy atom. The van der Waals surface area contributed by atoms with Gasteiger partial charge >= 0.3 is 0 Å². The molecule has 6 aromatic carbocycles. The first-order valence-corrected chi connectivity index (χ1v) is 18.9. The average Bonchev–Trinajstić information content (AvgIpc) is 3.90. The van der Waals surface area contributed by atoms with E-state index in [1.54, 1.807) is 5.56 Å². The Balaban J connectivity index is 0.00000145. The quantitative estimate of drug-likeness (QED) is 0.176. The lowest BCUT2D eigenvalue weighted by atomic mass is 9.93. The molecule has 232 valence electrons. The summed E-state index contributed by atoms with van der Waals surface area (Å²) in [4.78, 5) is 0. The molecule has 0 unspecified atom stereocenters. The molecule has 0 spiro atoms. The molecule has 0 atom stereocenters. The third kappa shape index (κ3) is 3.79. The summed E-state index contributed by atoms with van der Waals surface area (Å²) in [5, 5.41) is 9.60. The van der Waals surface area contributed by atoms with Crippen molar-refractivity contribution < 1.29 is 0 Å². The van der Waals surface area contributed by atoms with Crippen LogP contribution in [0.4, 0.5) is 0 Å². The van der Waals surface area contributed by atoms with Gasteiger partial charge in [-0.05, 0) is 79.8 Å². The highest BCUT2D eigenvalue weighted by atomic mass is 32.1. The third-order valence-electron chi connectivity index (χ3n) is 10.3. The van der Waals surface area contributed by atoms with Crippen molar-refractivity contribution in [3.8, 4) is 11.4 Å². The Morgan fingerprint density at radius 3 is 1.92 bits per heavy atom. The number of aromatic nitrogens is 2. The standard InChI is InChI=1S/C42H28N2S2.C2H6/c1-5-16-30-27(12-1)40-33(43(30)32-18-10-22-38-39(32)29-14-4-8-21-37(29)45-38)23-24-34-41(40)28-13-2-6-17-31(28)44(34)35-19-9-15-26-25-11-3-7-20-36(25)46-42(26)35;1-2/h2-4,6-11,13-15,17-24H,1,5,12,16H2;1-2H3. The molecule has 2 nitrogen and oxygen atoms in total. The number of para-hydroxylation sites is 1. The Labute approximate surface area is 287 Å². The first-order chi connectivity index (χ1) is 23.8. The number of fused-ring (bicyclic) bond motifs is 13. The van der Waals surface area contributed by atoms with Crippen molar-refractivity contribution in [2.75, 3.05) is 0 Å². The predicted molar refractivity (Wildman–Crippen MR) is 211 cm³/mol. The van der Waals surface area contributed by atoms with Gasteiger partial charge in [-0.15, -0.1) is 22.7 Å². The van der Waals surface area contributed by atoms with Crippen LogP contribution in [0, 0.1) is 0 Å². The maximum Gasteiger partial charge on any atom is 0.0640 e. The number of nitrogens with zero attached hydrogens (tertiary/aromatic N) is 2. The monoisotopic (exact) mass is 654 g/mol. The lowest BCUT2D eigenvalue weighted by molar-refractivity contribution is 0.667. The van der Waals surface area contributed by atoms with Crippen molar-refractivity contribution in [2.24, 2.45) is 0 Å². The van der Waals surface area contributed by atoms with Gasteiger partial charge in [0.2, 0.25) is 0 Å². The van der Waals surface area contributed by atoms with Gasteiger partial charge in [-0.3, -0.25) is 0 Å². The third-order valence-corrected chi connectivity index (χ3v) is 12.7. The Morgan fingerprint density at radius 1 is 0.438 bits per heavy atom. The van der Waals surface area contributed by atoms with Gasteiger partial charge in [0.1, 0.15) is 0 Å². The second kappa shape index (κ2) is 10.8. The first-order valence-electron chi connectivity index (χ1n) is 17.2. The van der Waals surface area contributed by atoms with E-state index in [9.17, 15) is 0 Å². The average molecular weight is 655 g/mol. The summed E-state index contributed by atoms with van der Waals surface area (Å²) in [7, 11) is 0. The highest BCUT2D eigenvalue weighted by molar-refractivity contribution is 7.26. The molecule has 48 heavy (non-hydrogen) atoms. The van der Waals surface area contributed by atoms with E-state index in [-0.39, 0.29) is 0 Å². The number of benzene rings is 6. The van der Waals surface area contributed by atoms with Crippen LogP contribution in [0.3, 0.4) is 0 Å². The highest BCUT2D eigenvalue weighted by Crippen LogP contribution is 2.47. The lowest BCUT2D eigenvalue weighted by Gasteiger charge is -2.17. The molecule has 4 aromatic heterocycles. The summed E-state index contributed by atoms with van der Waals surface area (Å²) in [5.74, 6) is 0. The SMILES string of the molecule is CC.c1ccc2c(c1)sc1c(-n3c4ccccc4c4c5c6c(n(-c7cccc8sc9ccccc9c78)c5ccc43)CCCC6)cccc12. The summed E-state index contributed by atoms with van der Waals surface area (Å²) in [6.07, 6.45) is 4.73. The molecule has 0 radical (unpaired) electrons. The second-order valence-electron chi connectivity index (χ2n) is 12.7. The zero-order chi connectivity index (χ0) is 31.9. The van der Waals surface area contributed by atoms with Crippen molar-refractivity contribution in [1.82, 2.24) is 9.13 Å². The number of hydrogen-bond acceptors (Lipinski definition) is 2. The summed E-state index contributed by atoms with van der Waals surface area (Å²) in [6, 6.07) is 45.4. The van der Waals surface area contributed by atoms with Crippen molar-refractivity contribution in [1.29, 1.82) is 0 Å². The minimum absolute atomic E-state index is 1.11. The van der Waals surface area contributed by atoms with Crippen LogP contribution in [0.1, 0.15) is 37.9 Å². The van der Waals surface area contributed by atoms with Crippen molar-refractivity contribution in [2.45, 2.75) is 39.5 Å². The number of rotatable bonds is 2. The summed E-state index contributed by atoms with van der Waals surface area (Å²) >= 11 is 3.82. The molecule has 0 fully saturated rings. The molecule has 0 N–H and O–H groups in total. The van der Waals surface area contributed by atoms with Crippen molar-refractivity contribution in [3.63, 3.8) is 0 Å². The van der Waals surface area contributed by atoms with E-state index in [0.717, 1.165) is 12.8 Å². The highest BCUT2D eigenvalue weighted by Gasteiger charge is 2.27. The van der Waals surface area contributed by atoms with Crippen LogP contribution < -0.4 is 0 Å². The topological polar surface area (TPSA) is 9.86 Å². The predicted octanol–water partition coefficient (Wildman–Crippen LogP) is 13.4. The number of hydrogen-bond donors (Lipinski definition) is 0. The molecule has 10 aromatic rings. The summed E-state index contributed by atoms with van der Waals surface area (Å²) in [5.41, 5.74) is 9.55.